The molecule has 0 heterocycles. The first-order chi connectivity index (χ1) is 8.60. The second-order valence-electron chi connectivity index (χ2n) is 3.34. The maximum absolute atomic E-state index is 10.9. The monoisotopic (exact) mass is 334 g/mol. The van der Waals surface area contributed by atoms with Crippen molar-refractivity contribution in [2.45, 2.75) is 6.92 Å². The molecule has 4 nitrogen and oxygen atoms in total. The molecule has 0 aliphatic heterocycles. The lowest BCUT2D eigenvalue weighted by Gasteiger charge is -2.13. The second-order valence-corrected chi connectivity index (χ2v) is 5.59. The van der Waals surface area contributed by atoms with Gasteiger partial charge in [-0.3, -0.25) is 0 Å². The van der Waals surface area contributed by atoms with Crippen molar-refractivity contribution in [1.29, 1.82) is 0 Å². The lowest BCUT2D eigenvalue weighted by Crippen LogP contribution is -2.04. The van der Waals surface area contributed by atoms with Crippen molar-refractivity contribution >= 4 is 33.7 Å². The van der Waals surface area contributed by atoms with E-state index < -0.39 is 5.97 Å². The summed E-state index contributed by atoms with van der Waals surface area (Å²) in [6.45, 7) is 2.64. The number of benzene rings is 1. The largest absolute Gasteiger partial charge is 0.493 e. The van der Waals surface area contributed by atoms with Gasteiger partial charge in [0.05, 0.1) is 23.8 Å². The summed E-state index contributed by atoms with van der Waals surface area (Å²) < 4.78 is 11.3. The van der Waals surface area contributed by atoms with Crippen molar-refractivity contribution in [3.05, 3.63) is 22.2 Å². The van der Waals surface area contributed by atoms with Gasteiger partial charge in [-0.15, -0.1) is 0 Å². The van der Waals surface area contributed by atoms with Crippen LogP contribution in [-0.2, 0) is 0 Å². The molecule has 0 amide bonds. The van der Waals surface area contributed by atoms with E-state index in [1.54, 1.807) is 11.8 Å². The van der Waals surface area contributed by atoms with Crippen molar-refractivity contribution in [2.75, 3.05) is 25.2 Å². The van der Waals surface area contributed by atoms with Crippen LogP contribution >= 0.6 is 27.7 Å². The highest BCUT2D eigenvalue weighted by molar-refractivity contribution is 9.10. The van der Waals surface area contributed by atoms with E-state index in [1.165, 1.54) is 19.2 Å². The first-order valence-corrected chi connectivity index (χ1v) is 7.36. The Hall–Kier alpha value is -0.880. The average Bonchev–Trinajstić information content (AvgIpc) is 2.35. The molecule has 0 spiro atoms. The molecular formula is C12H15BrO4S. The van der Waals surface area contributed by atoms with Gasteiger partial charge in [-0.2, -0.15) is 11.8 Å². The summed E-state index contributed by atoms with van der Waals surface area (Å²) in [6.07, 6.45) is 0. The van der Waals surface area contributed by atoms with Crippen LogP contribution in [0.3, 0.4) is 0 Å². The lowest BCUT2D eigenvalue weighted by atomic mass is 10.2. The van der Waals surface area contributed by atoms with Gasteiger partial charge in [-0.1, -0.05) is 6.92 Å². The summed E-state index contributed by atoms with van der Waals surface area (Å²) in [6, 6.07) is 2.96. The number of hydrogen-bond donors (Lipinski definition) is 1. The molecule has 18 heavy (non-hydrogen) atoms. The molecule has 1 aromatic rings. The van der Waals surface area contributed by atoms with Crippen LogP contribution in [0.1, 0.15) is 17.3 Å². The van der Waals surface area contributed by atoms with Crippen LogP contribution in [0.25, 0.3) is 0 Å². The molecular weight excluding hydrogens is 320 g/mol. The highest BCUT2D eigenvalue weighted by Crippen LogP contribution is 2.36. The molecule has 0 saturated heterocycles. The second kappa shape index (κ2) is 7.53. The molecule has 0 saturated carbocycles. The zero-order valence-corrected chi connectivity index (χ0v) is 12.6. The van der Waals surface area contributed by atoms with Gasteiger partial charge >= 0.3 is 5.97 Å². The molecule has 0 aliphatic rings. The Morgan fingerprint density at radius 2 is 2.22 bits per heavy atom. The maximum Gasteiger partial charge on any atom is 0.335 e. The minimum Gasteiger partial charge on any atom is -0.493 e. The van der Waals surface area contributed by atoms with Crippen LogP contribution < -0.4 is 9.47 Å². The van der Waals surface area contributed by atoms with Gasteiger partial charge in [0.25, 0.3) is 0 Å². The number of aromatic carboxylic acids is 1. The third kappa shape index (κ3) is 4.10. The van der Waals surface area contributed by atoms with E-state index >= 15 is 0 Å². The molecule has 0 atom stereocenters. The summed E-state index contributed by atoms with van der Waals surface area (Å²) in [5.41, 5.74) is 0.161. The first-order valence-electron chi connectivity index (χ1n) is 5.41. The number of carboxylic acid groups (broad SMARTS) is 1. The third-order valence-corrected chi connectivity index (χ3v) is 3.61. The zero-order valence-electron chi connectivity index (χ0n) is 10.2. The first kappa shape index (κ1) is 15.2. The number of methoxy groups -OCH3 is 1. The van der Waals surface area contributed by atoms with Crippen LogP contribution in [0.15, 0.2) is 16.6 Å². The normalized spacial score (nSPS) is 10.2. The minimum absolute atomic E-state index is 0.161. The van der Waals surface area contributed by atoms with E-state index in [-0.39, 0.29) is 5.56 Å². The lowest BCUT2D eigenvalue weighted by molar-refractivity contribution is 0.0696. The zero-order chi connectivity index (χ0) is 13.5. The van der Waals surface area contributed by atoms with Crippen LogP contribution in [0.4, 0.5) is 0 Å². The topological polar surface area (TPSA) is 55.8 Å². The van der Waals surface area contributed by atoms with Crippen LogP contribution in [0.5, 0.6) is 11.5 Å². The Morgan fingerprint density at radius 1 is 1.50 bits per heavy atom. The quantitative estimate of drug-likeness (QED) is 0.775. The van der Waals surface area contributed by atoms with Gasteiger partial charge in [-0.25, -0.2) is 4.79 Å². The summed E-state index contributed by atoms with van der Waals surface area (Å²) in [7, 11) is 1.49. The third-order valence-electron chi connectivity index (χ3n) is 2.15. The van der Waals surface area contributed by atoms with Gasteiger partial charge in [-0.05, 0) is 33.8 Å². The van der Waals surface area contributed by atoms with Gasteiger partial charge < -0.3 is 14.6 Å². The fourth-order valence-corrected chi connectivity index (χ4v) is 2.38. The number of carbonyl (C=O) groups is 1. The smallest absolute Gasteiger partial charge is 0.335 e. The Bertz CT molecular complexity index is 423. The van der Waals surface area contributed by atoms with Crippen LogP contribution in [-0.4, -0.2) is 36.3 Å². The van der Waals surface area contributed by atoms with Crippen molar-refractivity contribution in [3.63, 3.8) is 0 Å². The molecule has 0 radical (unpaired) electrons. The predicted octanol–water partition coefficient (Wildman–Crippen LogP) is 3.29. The molecule has 0 aromatic heterocycles. The molecule has 6 heteroatoms. The van der Waals surface area contributed by atoms with Crippen molar-refractivity contribution in [1.82, 2.24) is 0 Å². The molecule has 1 N–H and O–H groups in total. The standard InChI is InChI=1S/C12H15BrO4S/c1-3-18-5-4-17-11-9(13)6-8(12(14)15)7-10(11)16-2/h6-7H,3-5H2,1-2H3,(H,14,15). The Morgan fingerprint density at radius 3 is 2.78 bits per heavy atom. The molecule has 0 bridgehead atoms. The summed E-state index contributed by atoms with van der Waals surface area (Å²) in [4.78, 5) is 10.9. The van der Waals surface area contributed by atoms with Crippen LogP contribution in [0, 0.1) is 0 Å². The number of rotatable bonds is 7. The van der Waals surface area contributed by atoms with Gasteiger partial charge in [0.1, 0.15) is 0 Å². The Kier molecular flexibility index (Phi) is 6.35. The summed E-state index contributed by atoms with van der Waals surface area (Å²) in [5, 5.41) is 8.95. The minimum atomic E-state index is -0.998. The van der Waals surface area contributed by atoms with Gasteiger partial charge in [0.2, 0.25) is 0 Å². The van der Waals surface area contributed by atoms with E-state index in [9.17, 15) is 4.79 Å². The van der Waals surface area contributed by atoms with Crippen LogP contribution in [0.2, 0.25) is 0 Å². The molecule has 1 rings (SSSR count). The predicted molar refractivity (Wildman–Crippen MR) is 76.1 cm³/mol. The van der Waals surface area contributed by atoms with E-state index in [4.69, 9.17) is 14.6 Å². The molecule has 100 valence electrons. The molecule has 0 unspecified atom stereocenters. The van der Waals surface area contributed by atoms with Crippen molar-refractivity contribution < 1.29 is 19.4 Å². The van der Waals surface area contributed by atoms with Gasteiger partial charge in [0, 0.05) is 5.75 Å². The number of carboxylic acids is 1. The average molecular weight is 335 g/mol. The van der Waals surface area contributed by atoms with Gasteiger partial charge in [0.15, 0.2) is 11.5 Å². The Balaban J connectivity index is 2.86. The number of halogens is 1. The highest BCUT2D eigenvalue weighted by Gasteiger charge is 2.14. The fourth-order valence-electron chi connectivity index (χ4n) is 1.33. The van der Waals surface area contributed by atoms with E-state index in [2.05, 4.69) is 22.9 Å². The van der Waals surface area contributed by atoms with Crippen molar-refractivity contribution in [3.8, 4) is 11.5 Å². The van der Waals surface area contributed by atoms with E-state index in [0.717, 1.165) is 11.5 Å². The number of ether oxygens (including phenoxy) is 2. The van der Waals surface area contributed by atoms with E-state index in [1.807, 2.05) is 0 Å². The molecule has 1 aromatic carbocycles. The molecule has 0 fully saturated rings. The Labute approximate surface area is 119 Å². The SMILES string of the molecule is CCSCCOc1c(Br)cc(C(=O)O)cc1OC. The molecule has 0 aliphatic carbocycles. The maximum atomic E-state index is 10.9. The number of thioether (sulfide) groups is 1. The van der Waals surface area contributed by atoms with Crippen molar-refractivity contribution in [2.24, 2.45) is 0 Å². The summed E-state index contributed by atoms with van der Waals surface area (Å²) >= 11 is 5.08. The van der Waals surface area contributed by atoms with E-state index in [0.29, 0.717) is 22.6 Å². The highest BCUT2D eigenvalue weighted by atomic mass is 79.9. The number of hydrogen-bond acceptors (Lipinski definition) is 4. The summed E-state index contributed by atoms with van der Waals surface area (Å²) in [5.74, 6) is 1.89. The fraction of sp³-hybridized carbons (Fsp3) is 0.417.